The number of hydrogen-bond acceptors (Lipinski definition) is 4. The fraction of sp³-hybridized carbons (Fsp3) is 0.762. The predicted octanol–water partition coefficient (Wildman–Crippen LogP) is 4.61. The molecular formula is C21H34N4O. The summed E-state index contributed by atoms with van der Waals surface area (Å²) in [5, 5.41) is 3.50. The van der Waals surface area contributed by atoms with E-state index in [1.165, 1.54) is 32.1 Å². The van der Waals surface area contributed by atoms with Crippen LogP contribution >= 0.6 is 0 Å². The number of rotatable bonds is 5. The molecule has 144 valence electrons. The summed E-state index contributed by atoms with van der Waals surface area (Å²) in [6.07, 6.45) is 10.3. The van der Waals surface area contributed by atoms with Crippen LogP contribution < -0.4 is 5.32 Å². The molecule has 26 heavy (non-hydrogen) atoms. The second-order valence-electron chi connectivity index (χ2n) is 8.90. The fourth-order valence-electron chi connectivity index (χ4n) is 4.28. The van der Waals surface area contributed by atoms with Crippen LogP contribution in [0.2, 0.25) is 0 Å². The van der Waals surface area contributed by atoms with Gasteiger partial charge in [-0.05, 0) is 57.8 Å². The number of aromatic nitrogens is 2. The third kappa shape index (κ3) is 4.18. The van der Waals surface area contributed by atoms with Crippen LogP contribution in [0.4, 0.5) is 5.82 Å². The number of carbonyl (C=O) groups excluding carboxylic acids is 1. The van der Waals surface area contributed by atoms with Crippen LogP contribution in [-0.2, 0) is 0 Å². The Morgan fingerprint density at radius 1 is 1.27 bits per heavy atom. The van der Waals surface area contributed by atoms with E-state index in [0.717, 1.165) is 43.4 Å². The van der Waals surface area contributed by atoms with E-state index in [9.17, 15) is 4.79 Å². The maximum Gasteiger partial charge on any atom is 0.274 e. The van der Waals surface area contributed by atoms with E-state index in [1.807, 2.05) is 4.90 Å². The van der Waals surface area contributed by atoms with E-state index in [2.05, 4.69) is 38.0 Å². The SMILES string of the molecule is CC(C)c1nc(C(=O)N2CCCCC2(C)C)cnc1NCC1CCCC1. The third-order valence-electron chi connectivity index (χ3n) is 5.99. The van der Waals surface area contributed by atoms with Crippen molar-refractivity contribution in [1.29, 1.82) is 0 Å². The van der Waals surface area contributed by atoms with Crippen LogP contribution in [0, 0.1) is 5.92 Å². The van der Waals surface area contributed by atoms with E-state index >= 15 is 0 Å². The molecule has 3 rings (SSSR count). The van der Waals surface area contributed by atoms with Crippen molar-refractivity contribution in [3.63, 3.8) is 0 Å². The van der Waals surface area contributed by atoms with Gasteiger partial charge in [0.25, 0.3) is 5.91 Å². The van der Waals surface area contributed by atoms with E-state index in [4.69, 9.17) is 4.98 Å². The first-order chi connectivity index (χ1) is 12.4. The molecular weight excluding hydrogens is 324 g/mol. The molecule has 5 nitrogen and oxygen atoms in total. The van der Waals surface area contributed by atoms with Gasteiger partial charge in [0.05, 0.1) is 11.9 Å². The highest BCUT2D eigenvalue weighted by Gasteiger charge is 2.34. The van der Waals surface area contributed by atoms with Crippen molar-refractivity contribution in [2.24, 2.45) is 5.92 Å². The number of carbonyl (C=O) groups is 1. The van der Waals surface area contributed by atoms with Gasteiger partial charge in [0.2, 0.25) is 0 Å². The molecule has 1 saturated carbocycles. The van der Waals surface area contributed by atoms with Crippen molar-refractivity contribution in [3.05, 3.63) is 17.6 Å². The Bertz CT molecular complexity index is 635. The largest absolute Gasteiger partial charge is 0.368 e. The summed E-state index contributed by atoms with van der Waals surface area (Å²) in [7, 11) is 0. The molecule has 2 heterocycles. The summed E-state index contributed by atoms with van der Waals surface area (Å²) in [5.41, 5.74) is 1.28. The third-order valence-corrected chi connectivity index (χ3v) is 5.99. The highest BCUT2D eigenvalue weighted by molar-refractivity contribution is 5.92. The van der Waals surface area contributed by atoms with Gasteiger partial charge in [0, 0.05) is 18.6 Å². The van der Waals surface area contributed by atoms with Crippen LogP contribution in [0.25, 0.3) is 0 Å². The number of amides is 1. The fourth-order valence-corrected chi connectivity index (χ4v) is 4.28. The molecule has 1 aromatic rings. The quantitative estimate of drug-likeness (QED) is 0.835. The van der Waals surface area contributed by atoms with Crippen LogP contribution in [0.5, 0.6) is 0 Å². The normalized spacial score (nSPS) is 20.6. The molecule has 2 aliphatic rings. The molecule has 0 aromatic carbocycles. The van der Waals surface area contributed by atoms with Crippen molar-refractivity contribution in [2.45, 2.75) is 84.1 Å². The average Bonchev–Trinajstić information content (AvgIpc) is 3.12. The lowest BCUT2D eigenvalue weighted by Crippen LogP contribution is -2.50. The minimum Gasteiger partial charge on any atom is -0.368 e. The van der Waals surface area contributed by atoms with Crippen LogP contribution in [0.15, 0.2) is 6.20 Å². The van der Waals surface area contributed by atoms with Crippen LogP contribution in [0.1, 0.15) is 94.7 Å². The molecule has 0 bridgehead atoms. The van der Waals surface area contributed by atoms with Gasteiger partial charge < -0.3 is 10.2 Å². The number of anilines is 1. The number of nitrogens with one attached hydrogen (secondary N) is 1. The summed E-state index contributed by atoms with van der Waals surface area (Å²) < 4.78 is 0. The summed E-state index contributed by atoms with van der Waals surface area (Å²) >= 11 is 0. The van der Waals surface area contributed by atoms with E-state index in [0.29, 0.717) is 5.69 Å². The van der Waals surface area contributed by atoms with E-state index in [1.54, 1.807) is 6.20 Å². The molecule has 1 aromatic heterocycles. The molecule has 0 atom stereocenters. The first-order valence-corrected chi connectivity index (χ1v) is 10.3. The standard InChI is InChI=1S/C21H34N4O/c1-15(2)18-19(22-13-16-9-5-6-10-16)23-14-17(24-18)20(26)25-12-8-7-11-21(25,3)4/h14-16H,5-13H2,1-4H3,(H,22,23). The van der Waals surface area contributed by atoms with Gasteiger partial charge in [-0.3, -0.25) is 4.79 Å². The zero-order valence-electron chi connectivity index (χ0n) is 16.8. The summed E-state index contributed by atoms with van der Waals surface area (Å²) in [6, 6.07) is 0. The lowest BCUT2D eigenvalue weighted by Gasteiger charge is -2.42. The Kier molecular flexibility index (Phi) is 5.83. The van der Waals surface area contributed by atoms with E-state index < -0.39 is 0 Å². The molecule has 1 amide bonds. The number of hydrogen-bond donors (Lipinski definition) is 1. The zero-order valence-corrected chi connectivity index (χ0v) is 16.8. The number of nitrogens with zero attached hydrogens (tertiary/aromatic N) is 3. The summed E-state index contributed by atoms with van der Waals surface area (Å²) in [4.78, 5) is 24.4. The highest BCUT2D eigenvalue weighted by atomic mass is 16.2. The number of likely N-dealkylation sites (tertiary alicyclic amines) is 1. The lowest BCUT2D eigenvalue weighted by atomic mass is 9.90. The highest BCUT2D eigenvalue weighted by Crippen LogP contribution is 2.30. The molecule has 0 radical (unpaired) electrons. The molecule has 5 heteroatoms. The molecule has 0 spiro atoms. The Labute approximate surface area is 158 Å². The smallest absolute Gasteiger partial charge is 0.274 e. The Morgan fingerprint density at radius 3 is 2.65 bits per heavy atom. The van der Waals surface area contributed by atoms with Gasteiger partial charge in [-0.15, -0.1) is 0 Å². The molecule has 2 fully saturated rings. The van der Waals surface area contributed by atoms with Crippen molar-refractivity contribution < 1.29 is 4.79 Å². The molecule has 1 aliphatic carbocycles. The van der Waals surface area contributed by atoms with Gasteiger partial charge in [-0.25, -0.2) is 9.97 Å². The zero-order chi connectivity index (χ0) is 18.7. The van der Waals surface area contributed by atoms with Crippen molar-refractivity contribution in [2.75, 3.05) is 18.4 Å². The lowest BCUT2D eigenvalue weighted by molar-refractivity contribution is 0.0427. The van der Waals surface area contributed by atoms with Crippen molar-refractivity contribution in [1.82, 2.24) is 14.9 Å². The van der Waals surface area contributed by atoms with Crippen LogP contribution in [-0.4, -0.2) is 39.4 Å². The van der Waals surface area contributed by atoms with Crippen LogP contribution in [0.3, 0.4) is 0 Å². The van der Waals surface area contributed by atoms with Crippen molar-refractivity contribution >= 4 is 11.7 Å². The maximum atomic E-state index is 13.1. The second kappa shape index (κ2) is 7.93. The number of piperidine rings is 1. The van der Waals surface area contributed by atoms with E-state index in [-0.39, 0.29) is 17.4 Å². The Hall–Kier alpha value is -1.65. The first kappa shape index (κ1) is 19.1. The molecule has 1 saturated heterocycles. The Morgan fingerprint density at radius 2 is 2.00 bits per heavy atom. The monoisotopic (exact) mass is 358 g/mol. The van der Waals surface area contributed by atoms with Gasteiger partial charge in [-0.1, -0.05) is 26.7 Å². The summed E-state index contributed by atoms with van der Waals surface area (Å²) in [6.45, 7) is 10.3. The van der Waals surface area contributed by atoms with Gasteiger partial charge in [0.1, 0.15) is 11.5 Å². The average molecular weight is 359 g/mol. The molecule has 1 aliphatic heterocycles. The molecule has 1 N–H and O–H groups in total. The minimum absolute atomic E-state index is 0.0199. The maximum absolute atomic E-state index is 13.1. The predicted molar refractivity (Wildman–Crippen MR) is 106 cm³/mol. The van der Waals surface area contributed by atoms with Gasteiger partial charge in [-0.2, -0.15) is 0 Å². The Balaban J connectivity index is 1.77. The minimum atomic E-state index is -0.103. The van der Waals surface area contributed by atoms with Gasteiger partial charge in [0.15, 0.2) is 0 Å². The van der Waals surface area contributed by atoms with Crippen molar-refractivity contribution in [3.8, 4) is 0 Å². The second-order valence-corrected chi connectivity index (χ2v) is 8.90. The summed E-state index contributed by atoms with van der Waals surface area (Å²) in [5.74, 6) is 1.84. The van der Waals surface area contributed by atoms with Gasteiger partial charge >= 0.3 is 0 Å². The first-order valence-electron chi connectivity index (χ1n) is 10.3. The molecule has 0 unspecified atom stereocenters. The topological polar surface area (TPSA) is 58.1 Å².